The third-order valence-electron chi connectivity index (χ3n) is 2.81. The Kier molecular flexibility index (Phi) is 3.85. The second kappa shape index (κ2) is 5.44. The molecule has 21 heavy (non-hydrogen) atoms. The lowest BCUT2D eigenvalue weighted by Crippen LogP contribution is -2.09. The van der Waals surface area contributed by atoms with Gasteiger partial charge in [-0.05, 0) is 37.6 Å². The van der Waals surface area contributed by atoms with Crippen molar-refractivity contribution in [2.75, 3.05) is 0 Å². The fraction of sp³-hybridized carbons (Fsp3) is 0.200. The third kappa shape index (κ3) is 3.31. The topological polar surface area (TPSA) is 45.9 Å². The number of aromatic nitrogens is 1. The summed E-state index contributed by atoms with van der Waals surface area (Å²) in [5, 5.41) is 8.95. The highest BCUT2D eigenvalue weighted by Crippen LogP contribution is 2.32. The van der Waals surface area contributed by atoms with Gasteiger partial charge >= 0.3 is 6.18 Å². The molecular weight excluding hydrogens is 281 g/mol. The number of hydrogen-bond donors (Lipinski definition) is 0. The molecule has 2 rings (SSSR count). The molecular formula is C15H11F3N2O. The van der Waals surface area contributed by atoms with Gasteiger partial charge in [-0.3, -0.25) is 0 Å². The Morgan fingerprint density at radius 1 is 1.14 bits per heavy atom. The lowest BCUT2D eigenvalue weighted by molar-refractivity contribution is -0.141. The number of alkyl halides is 3. The van der Waals surface area contributed by atoms with E-state index in [0.29, 0.717) is 5.75 Å². The van der Waals surface area contributed by atoms with Gasteiger partial charge in [0.25, 0.3) is 0 Å². The van der Waals surface area contributed by atoms with Gasteiger partial charge in [0.05, 0.1) is 0 Å². The molecule has 0 aliphatic carbocycles. The third-order valence-corrected chi connectivity index (χ3v) is 2.81. The Morgan fingerprint density at radius 2 is 1.86 bits per heavy atom. The molecule has 0 atom stereocenters. The summed E-state index contributed by atoms with van der Waals surface area (Å²) in [6.45, 7) is 3.65. The summed E-state index contributed by atoms with van der Waals surface area (Å²) in [6, 6.07) is 8.81. The molecule has 1 aromatic heterocycles. The normalized spacial score (nSPS) is 11.0. The van der Waals surface area contributed by atoms with Crippen LogP contribution in [0.15, 0.2) is 30.3 Å². The van der Waals surface area contributed by atoms with Crippen molar-refractivity contribution in [3.05, 3.63) is 52.7 Å². The largest absolute Gasteiger partial charge is 0.437 e. The number of nitriles is 1. The highest BCUT2D eigenvalue weighted by molar-refractivity contribution is 5.44. The van der Waals surface area contributed by atoms with Crippen LogP contribution >= 0.6 is 0 Å². The summed E-state index contributed by atoms with van der Waals surface area (Å²) < 4.78 is 43.4. The molecule has 1 heterocycles. The van der Waals surface area contributed by atoms with Crippen LogP contribution in [-0.4, -0.2) is 4.98 Å². The van der Waals surface area contributed by atoms with Gasteiger partial charge in [0.15, 0.2) is 0 Å². The average molecular weight is 292 g/mol. The minimum absolute atomic E-state index is 0.0528. The van der Waals surface area contributed by atoms with Crippen molar-refractivity contribution in [2.45, 2.75) is 20.0 Å². The second-order valence-corrected chi connectivity index (χ2v) is 4.53. The number of hydrogen-bond acceptors (Lipinski definition) is 3. The lowest BCUT2D eigenvalue weighted by atomic mass is 10.1. The van der Waals surface area contributed by atoms with Gasteiger partial charge in [-0.15, -0.1) is 0 Å². The maximum Gasteiger partial charge on any atom is 0.433 e. The first kappa shape index (κ1) is 14.9. The van der Waals surface area contributed by atoms with Crippen LogP contribution in [0.4, 0.5) is 13.2 Å². The van der Waals surface area contributed by atoms with Gasteiger partial charge in [-0.25, -0.2) is 4.98 Å². The van der Waals surface area contributed by atoms with Crippen molar-refractivity contribution in [1.29, 1.82) is 5.26 Å². The first-order valence-corrected chi connectivity index (χ1v) is 6.04. The average Bonchev–Trinajstić information content (AvgIpc) is 2.41. The minimum Gasteiger partial charge on any atom is -0.437 e. The number of ether oxygens (including phenoxy) is 1. The molecule has 0 saturated heterocycles. The number of pyridine rings is 1. The first-order chi connectivity index (χ1) is 9.81. The van der Waals surface area contributed by atoms with Gasteiger partial charge in [0.1, 0.15) is 23.1 Å². The molecule has 0 radical (unpaired) electrons. The fourth-order valence-electron chi connectivity index (χ4n) is 1.78. The van der Waals surface area contributed by atoms with Crippen LogP contribution in [0.1, 0.15) is 22.4 Å². The van der Waals surface area contributed by atoms with Crippen molar-refractivity contribution in [3.63, 3.8) is 0 Å². The summed E-state index contributed by atoms with van der Waals surface area (Å²) >= 11 is 0. The zero-order chi connectivity index (χ0) is 15.6. The van der Waals surface area contributed by atoms with E-state index in [4.69, 9.17) is 10.00 Å². The van der Waals surface area contributed by atoms with E-state index in [9.17, 15) is 13.2 Å². The highest BCUT2D eigenvalue weighted by atomic mass is 19.4. The quantitative estimate of drug-likeness (QED) is 0.825. The molecule has 0 amide bonds. The van der Waals surface area contributed by atoms with E-state index in [0.717, 1.165) is 23.3 Å². The molecule has 6 heteroatoms. The monoisotopic (exact) mass is 292 g/mol. The van der Waals surface area contributed by atoms with Gasteiger partial charge in [0.2, 0.25) is 5.88 Å². The summed E-state index contributed by atoms with van der Waals surface area (Å²) in [5.41, 5.74) is 0.597. The van der Waals surface area contributed by atoms with E-state index < -0.39 is 11.9 Å². The number of aryl methyl sites for hydroxylation is 2. The minimum atomic E-state index is -4.59. The molecule has 0 spiro atoms. The van der Waals surface area contributed by atoms with Crippen molar-refractivity contribution in [2.24, 2.45) is 0 Å². The van der Waals surface area contributed by atoms with Crippen molar-refractivity contribution in [1.82, 2.24) is 4.98 Å². The van der Waals surface area contributed by atoms with Crippen molar-refractivity contribution >= 4 is 0 Å². The van der Waals surface area contributed by atoms with Crippen LogP contribution in [0.5, 0.6) is 11.6 Å². The van der Waals surface area contributed by atoms with Gasteiger partial charge in [-0.1, -0.05) is 17.7 Å². The summed E-state index contributed by atoms with van der Waals surface area (Å²) in [5.74, 6) is 0.0169. The van der Waals surface area contributed by atoms with Crippen LogP contribution in [-0.2, 0) is 6.18 Å². The van der Waals surface area contributed by atoms with E-state index in [1.165, 1.54) is 0 Å². The Balaban J connectivity index is 2.45. The van der Waals surface area contributed by atoms with E-state index in [1.54, 1.807) is 25.1 Å². The molecule has 3 nitrogen and oxygen atoms in total. The van der Waals surface area contributed by atoms with Gasteiger partial charge < -0.3 is 4.74 Å². The molecule has 0 N–H and O–H groups in total. The maximum absolute atomic E-state index is 12.7. The lowest BCUT2D eigenvalue weighted by Gasteiger charge is -2.12. The highest BCUT2D eigenvalue weighted by Gasteiger charge is 2.33. The van der Waals surface area contributed by atoms with Gasteiger partial charge in [0, 0.05) is 0 Å². The molecule has 0 bridgehead atoms. The SMILES string of the molecule is Cc1ccc(Oc2nc(C(F)(F)F)ccc2C#N)c(C)c1. The summed E-state index contributed by atoms with van der Waals surface area (Å²) in [4.78, 5) is 3.40. The predicted molar refractivity (Wildman–Crippen MR) is 69.9 cm³/mol. The fourth-order valence-corrected chi connectivity index (χ4v) is 1.78. The van der Waals surface area contributed by atoms with E-state index in [2.05, 4.69) is 4.98 Å². The number of benzene rings is 1. The van der Waals surface area contributed by atoms with Crippen molar-refractivity contribution < 1.29 is 17.9 Å². The smallest absolute Gasteiger partial charge is 0.433 e. The molecule has 0 fully saturated rings. The Morgan fingerprint density at radius 3 is 2.43 bits per heavy atom. The second-order valence-electron chi connectivity index (χ2n) is 4.53. The van der Waals surface area contributed by atoms with Crippen LogP contribution in [0.2, 0.25) is 0 Å². The molecule has 0 unspecified atom stereocenters. The van der Waals surface area contributed by atoms with Crippen LogP contribution in [0.3, 0.4) is 0 Å². The molecule has 0 saturated carbocycles. The predicted octanol–water partition coefficient (Wildman–Crippen LogP) is 4.38. The molecule has 0 aliphatic rings. The van der Waals surface area contributed by atoms with Crippen LogP contribution in [0, 0.1) is 25.2 Å². The molecule has 1 aromatic carbocycles. The Labute approximate surface area is 119 Å². The summed E-state index contributed by atoms with van der Waals surface area (Å²) in [6.07, 6.45) is -4.59. The van der Waals surface area contributed by atoms with E-state index in [-0.39, 0.29) is 11.4 Å². The van der Waals surface area contributed by atoms with Crippen LogP contribution in [0.25, 0.3) is 0 Å². The van der Waals surface area contributed by atoms with Crippen LogP contribution < -0.4 is 4.74 Å². The van der Waals surface area contributed by atoms with E-state index in [1.807, 2.05) is 13.0 Å². The zero-order valence-electron chi connectivity index (χ0n) is 11.3. The first-order valence-electron chi connectivity index (χ1n) is 6.04. The number of halogens is 3. The molecule has 2 aromatic rings. The standard InChI is InChI=1S/C15H11F3N2O/c1-9-3-5-12(10(2)7-9)21-14-11(8-19)4-6-13(20-14)15(16,17)18/h3-7H,1-2H3. The Hall–Kier alpha value is -2.55. The Bertz CT molecular complexity index is 718. The number of rotatable bonds is 2. The van der Waals surface area contributed by atoms with E-state index >= 15 is 0 Å². The van der Waals surface area contributed by atoms with Gasteiger partial charge in [-0.2, -0.15) is 18.4 Å². The summed E-state index contributed by atoms with van der Waals surface area (Å²) in [7, 11) is 0. The molecule has 108 valence electrons. The number of nitrogens with zero attached hydrogens (tertiary/aromatic N) is 2. The maximum atomic E-state index is 12.7. The van der Waals surface area contributed by atoms with Crippen molar-refractivity contribution in [3.8, 4) is 17.7 Å². The zero-order valence-corrected chi connectivity index (χ0v) is 11.3. The molecule has 0 aliphatic heterocycles.